The van der Waals surface area contributed by atoms with Crippen molar-refractivity contribution in [1.82, 2.24) is 0 Å². The first-order valence-corrected chi connectivity index (χ1v) is 15.3. The Labute approximate surface area is 273 Å². The standard InChI is InChI=1S/C41H26N2O5/c44-40(45)26-13-16-33(36(23-26)41(46)47)37-34-17-11-24-21-29(42-27-7-3-1-4-8-27)14-19-31(24)38(34)48-39-32-20-15-30(22-25(32)12-18-35(37)39)43-28-9-5-2-6-10-28/h1-23,42H,(H,44,45)(H,46,47). The Hall–Kier alpha value is -6.73. The van der Waals surface area contributed by atoms with Gasteiger partial charge in [0.25, 0.3) is 0 Å². The van der Waals surface area contributed by atoms with Crippen LogP contribution in [-0.4, -0.2) is 22.2 Å². The molecule has 0 aliphatic rings. The molecule has 0 bridgehead atoms. The van der Waals surface area contributed by atoms with Gasteiger partial charge >= 0.3 is 11.9 Å². The summed E-state index contributed by atoms with van der Waals surface area (Å²) >= 11 is 0. The number of benzene rings is 7. The molecule has 0 saturated carbocycles. The van der Waals surface area contributed by atoms with Crippen LogP contribution in [0.15, 0.2) is 149 Å². The van der Waals surface area contributed by atoms with Gasteiger partial charge < -0.3 is 19.9 Å². The van der Waals surface area contributed by atoms with E-state index < -0.39 is 11.9 Å². The highest BCUT2D eigenvalue weighted by molar-refractivity contribution is 6.21. The predicted molar refractivity (Wildman–Crippen MR) is 189 cm³/mol. The number of carbonyl (C=O) groups is 2. The van der Waals surface area contributed by atoms with E-state index in [1.807, 2.05) is 121 Å². The third kappa shape index (κ3) is 5.09. The molecule has 3 N–H and O–H groups in total. The zero-order valence-corrected chi connectivity index (χ0v) is 25.3. The van der Waals surface area contributed by atoms with Crippen molar-refractivity contribution in [2.24, 2.45) is 4.99 Å². The molecule has 0 unspecified atom stereocenters. The van der Waals surface area contributed by atoms with E-state index in [4.69, 9.17) is 9.41 Å². The van der Waals surface area contributed by atoms with E-state index in [1.165, 1.54) is 12.1 Å². The smallest absolute Gasteiger partial charge is 0.336 e. The van der Waals surface area contributed by atoms with Crippen molar-refractivity contribution in [2.45, 2.75) is 0 Å². The van der Waals surface area contributed by atoms with Gasteiger partial charge in [-0.2, -0.15) is 0 Å². The number of para-hydroxylation sites is 2. The Morgan fingerprint density at radius 1 is 0.562 bits per heavy atom. The Morgan fingerprint density at radius 2 is 1.19 bits per heavy atom. The van der Waals surface area contributed by atoms with Gasteiger partial charge in [0.2, 0.25) is 0 Å². The molecule has 0 aliphatic carbocycles. The predicted octanol–water partition coefficient (Wildman–Crippen LogP) is 9.93. The van der Waals surface area contributed by atoms with Gasteiger partial charge in [0, 0.05) is 38.5 Å². The molecule has 48 heavy (non-hydrogen) atoms. The minimum absolute atomic E-state index is 0.102. The molecule has 0 spiro atoms. The minimum atomic E-state index is -1.22. The maximum atomic E-state index is 12.6. The molecule has 8 rings (SSSR count). The summed E-state index contributed by atoms with van der Waals surface area (Å²) in [6.45, 7) is 0. The summed E-state index contributed by atoms with van der Waals surface area (Å²) in [5.41, 5.74) is 4.72. The van der Waals surface area contributed by atoms with Crippen LogP contribution >= 0.6 is 0 Å². The summed E-state index contributed by atoms with van der Waals surface area (Å²) in [5, 5.41) is 29.1. The Kier molecular flexibility index (Phi) is 6.92. The summed E-state index contributed by atoms with van der Waals surface area (Å²) in [7, 11) is 0. The van der Waals surface area contributed by atoms with Crippen molar-refractivity contribution >= 4 is 72.5 Å². The molecule has 7 nitrogen and oxygen atoms in total. The molecule has 0 saturated heterocycles. The summed E-state index contributed by atoms with van der Waals surface area (Å²) in [6.07, 6.45) is 0. The van der Waals surface area contributed by atoms with E-state index in [2.05, 4.69) is 5.32 Å². The maximum absolute atomic E-state index is 12.6. The van der Waals surface area contributed by atoms with Crippen molar-refractivity contribution in [3.05, 3.63) is 156 Å². The first kappa shape index (κ1) is 28.7. The monoisotopic (exact) mass is 626 g/mol. The lowest BCUT2D eigenvalue weighted by atomic mass is 9.90. The number of hydrogen-bond donors (Lipinski definition) is 3. The lowest BCUT2D eigenvalue weighted by molar-refractivity contribution is 0.0696. The normalized spacial score (nSPS) is 11.8. The number of rotatable bonds is 6. The number of nitrogens with zero attached hydrogens (tertiary/aromatic N) is 1. The fourth-order valence-electron chi connectivity index (χ4n) is 6.30. The minimum Gasteiger partial charge on any atom is -0.478 e. The lowest BCUT2D eigenvalue weighted by Gasteiger charge is -2.16. The van der Waals surface area contributed by atoms with Gasteiger partial charge in [0.05, 0.1) is 22.2 Å². The Bertz CT molecular complexity index is 2650. The van der Waals surface area contributed by atoms with Crippen LogP contribution in [0.3, 0.4) is 0 Å². The molecular formula is C41H26N2O5. The van der Waals surface area contributed by atoms with Crippen molar-refractivity contribution in [2.75, 3.05) is 5.32 Å². The van der Waals surface area contributed by atoms with E-state index in [0.717, 1.165) is 44.0 Å². The second-order valence-electron chi connectivity index (χ2n) is 11.5. The highest BCUT2D eigenvalue weighted by Gasteiger charge is 2.22. The molecule has 7 heteroatoms. The Balaban J connectivity index is 1.42. The van der Waals surface area contributed by atoms with Gasteiger partial charge in [0.1, 0.15) is 11.2 Å². The van der Waals surface area contributed by atoms with E-state index >= 15 is 0 Å². The van der Waals surface area contributed by atoms with Crippen LogP contribution in [0.2, 0.25) is 0 Å². The highest BCUT2D eigenvalue weighted by Crippen LogP contribution is 2.43. The lowest BCUT2D eigenvalue weighted by Crippen LogP contribution is -2.05. The number of carboxylic acid groups (broad SMARTS) is 2. The summed E-state index contributed by atoms with van der Waals surface area (Å²) in [4.78, 5) is 29.2. The van der Waals surface area contributed by atoms with Crippen LogP contribution in [0, 0.1) is 0 Å². The van der Waals surface area contributed by atoms with E-state index in [-0.39, 0.29) is 11.1 Å². The molecule has 1 aromatic heterocycles. The molecule has 7 aromatic carbocycles. The van der Waals surface area contributed by atoms with E-state index in [1.54, 1.807) is 6.07 Å². The summed E-state index contributed by atoms with van der Waals surface area (Å²) < 4.78 is 6.82. The largest absolute Gasteiger partial charge is 0.478 e. The van der Waals surface area contributed by atoms with Crippen LogP contribution in [0.5, 0.6) is 0 Å². The third-order valence-corrected chi connectivity index (χ3v) is 8.51. The average Bonchev–Trinajstić information content (AvgIpc) is 3.11. The first-order chi connectivity index (χ1) is 23.4. The number of aromatic carboxylic acids is 2. The molecule has 0 fully saturated rings. The van der Waals surface area contributed by atoms with Gasteiger partial charge in [-0.3, -0.25) is 0 Å². The number of carboxylic acids is 2. The van der Waals surface area contributed by atoms with Crippen LogP contribution in [-0.2, 0) is 0 Å². The van der Waals surface area contributed by atoms with Gasteiger partial charge in [-0.05, 0) is 101 Å². The molecule has 8 aromatic rings. The quantitative estimate of drug-likeness (QED) is 0.125. The summed E-state index contributed by atoms with van der Waals surface area (Å²) in [6, 6.07) is 43.6. The van der Waals surface area contributed by atoms with Crippen molar-refractivity contribution in [1.29, 1.82) is 0 Å². The van der Waals surface area contributed by atoms with Crippen molar-refractivity contribution in [3.63, 3.8) is 0 Å². The van der Waals surface area contributed by atoms with Crippen LogP contribution in [0.25, 0.3) is 54.6 Å². The molecular weight excluding hydrogens is 600 g/mol. The second-order valence-corrected chi connectivity index (χ2v) is 11.5. The molecule has 230 valence electrons. The number of nitrogens with one attached hydrogen (secondary N) is 1. The second kappa shape index (κ2) is 11.6. The molecule has 0 aliphatic heterocycles. The van der Waals surface area contributed by atoms with Crippen LogP contribution in [0.4, 0.5) is 17.1 Å². The SMILES string of the molecule is O=C(O)c1ccc(-c2c3ccc4cc(Nc5ccccc5)ccc4c3oc3c2ccc2cc(=Nc4ccccc4)ccc23)c(C(=O)O)c1. The zero-order chi connectivity index (χ0) is 32.8. The van der Waals surface area contributed by atoms with E-state index in [9.17, 15) is 19.8 Å². The van der Waals surface area contributed by atoms with Crippen molar-refractivity contribution in [3.8, 4) is 11.1 Å². The first-order valence-electron chi connectivity index (χ1n) is 15.3. The number of anilines is 2. The topological polar surface area (TPSA) is 112 Å². The van der Waals surface area contributed by atoms with Gasteiger partial charge in [-0.1, -0.05) is 54.6 Å². The fraction of sp³-hybridized carbons (Fsp3) is 0. The van der Waals surface area contributed by atoms with Crippen LogP contribution < -0.4 is 10.7 Å². The maximum Gasteiger partial charge on any atom is 0.336 e. The molecule has 1 heterocycles. The molecule has 0 atom stereocenters. The summed E-state index contributed by atoms with van der Waals surface area (Å²) in [5.74, 6) is -2.42. The van der Waals surface area contributed by atoms with Gasteiger partial charge in [-0.15, -0.1) is 0 Å². The van der Waals surface area contributed by atoms with Gasteiger partial charge in [-0.25, -0.2) is 14.6 Å². The number of hydrogen-bond acceptors (Lipinski definition) is 5. The number of fused-ring (bicyclic) bond motifs is 6. The fourth-order valence-corrected chi connectivity index (χ4v) is 6.30. The van der Waals surface area contributed by atoms with Crippen LogP contribution in [0.1, 0.15) is 20.7 Å². The van der Waals surface area contributed by atoms with Gasteiger partial charge in [0.15, 0.2) is 0 Å². The van der Waals surface area contributed by atoms with E-state index in [0.29, 0.717) is 33.1 Å². The zero-order valence-electron chi connectivity index (χ0n) is 25.3. The third-order valence-electron chi connectivity index (χ3n) is 8.51. The molecule has 0 amide bonds. The highest BCUT2D eigenvalue weighted by atomic mass is 16.4. The average molecular weight is 627 g/mol. The molecule has 0 radical (unpaired) electrons. The van der Waals surface area contributed by atoms with Crippen molar-refractivity contribution < 1.29 is 24.2 Å². The Morgan fingerprint density at radius 3 is 1.85 bits per heavy atom.